The van der Waals surface area contributed by atoms with Gasteiger partial charge in [-0.25, -0.2) is 4.79 Å². The molecule has 1 aromatic carbocycles. The molecule has 0 saturated heterocycles. The molecule has 0 spiro atoms. The van der Waals surface area contributed by atoms with E-state index in [2.05, 4.69) is 32.2 Å². The molecule has 21 heavy (non-hydrogen) atoms. The van der Waals surface area contributed by atoms with Gasteiger partial charge in [-0.2, -0.15) is 0 Å². The van der Waals surface area contributed by atoms with Crippen molar-refractivity contribution in [3.05, 3.63) is 61.2 Å². The largest absolute Gasteiger partial charge is 1.00 e. The Labute approximate surface area is 133 Å². The third-order valence-corrected chi connectivity index (χ3v) is 3.90. The van der Waals surface area contributed by atoms with Crippen LogP contribution in [0.3, 0.4) is 0 Å². The van der Waals surface area contributed by atoms with Gasteiger partial charge in [0.25, 0.3) is 0 Å². The number of hydroxylamine groups is 3. The summed E-state index contributed by atoms with van der Waals surface area (Å²) >= 11 is 0. The van der Waals surface area contributed by atoms with Crippen LogP contribution in [-0.2, 0) is 16.1 Å². The zero-order chi connectivity index (χ0) is 15.2. The van der Waals surface area contributed by atoms with Crippen LogP contribution in [0, 0.1) is 0 Å². The Morgan fingerprint density at radius 1 is 1.29 bits per heavy atom. The Morgan fingerprint density at radius 3 is 2.29 bits per heavy atom. The van der Waals surface area contributed by atoms with E-state index in [9.17, 15) is 4.79 Å². The molecule has 1 unspecified atom stereocenters. The van der Waals surface area contributed by atoms with E-state index in [1.54, 1.807) is 0 Å². The summed E-state index contributed by atoms with van der Waals surface area (Å²) in [5, 5.41) is 0. The number of hydrogen-bond acceptors (Lipinski definition) is 2. The quantitative estimate of drug-likeness (QED) is 0.313. The molecule has 0 N–H and O–H groups in total. The molecule has 0 saturated carbocycles. The van der Waals surface area contributed by atoms with E-state index in [0.717, 1.165) is 12.8 Å². The predicted octanol–water partition coefficient (Wildman–Crippen LogP) is 0.289. The van der Waals surface area contributed by atoms with Crippen LogP contribution in [-0.4, -0.2) is 30.2 Å². The van der Waals surface area contributed by atoms with Crippen molar-refractivity contribution < 1.29 is 26.7 Å². The Kier molecular flexibility index (Phi) is 7.41. The molecule has 3 nitrogen and oxygen atoms in total. The molecule has 0 aromatic heterocycles. The highest BCUT2D eigenvalue weighted by Crippen LogP contribution is 2.31. The van der Waals surface area contributed by atoms with E-state index in [1.165, 1.54) is 11.6 Å². The van der Waals surface area contributed by atoms with Crippen molar-refractivity contribution in [2.24, 2.45) is 0 Å². The van der Waals surface area contributed by atoms with Gasteiger partial charge in [0.05, 0.1) is 0 Å². The first kappa shape index (κ1) is 19.4. The molecule has 0 heterocycles. The molecule has 116 valence electrons. The van der Waals surface area contributed by atoms with Crippen LogP contribution in [0.25, 0.3) is 0 Å². The maximum Gasteiger partial charge on any atom is 0.389 e. The lowest BCUT2D eigenvalue weighted by atomic mass is 9.86. The maximum atomic E-state index is 11.6. The third-order valence-electron chi connectivity index (χ3n) is 3.90. The average molecular weight is 310 g/mol. The summed E-state index contributed by atoms with van der Waals surface area (Å²) < 4.78 is 0.0900. The first-order valence-electron chi connectivity index (χ1n) is 6.78. The number of carbonyl (C=O) groups excluding carboxylic acids is 1. The Bertz CT molecular complexity index is 485. The van der Waals surface area contributed by atoms with Gasteiger partial charge in [-0.05, 0) is 11.6 Å². The molecule has 0 bridgehead atoms. The number of quaternary nitrogens is 1. The summed E-state index contributed by atoms with van der Waals surface area (Å²) in [7, 11) is 3.74. The van der Waals surface area contributed by atoms with Crippen LogP contribution >= 0.6 is 0 Å². The number of benzene rings is 1. The van der Waals surface area contributed by atoms with Crippen LogP contribution in [0.2, 0.25) is 0 Å². The van der Waals surface area contributed by atoms with Gasteiger partial charge in [-0.1, -0.05) is 50.4 Å². The third kappa shape index (κ3) is 4.45. The van der Waals surface area contributed by atoms with Gasteiger partial charge in [0.2, 0.25) is 0 Å². The molecule has 1 aromatic rings. The van der Waals surface area contributed by atoms with Gasteiger partial charge in [0.1, 0.15) is 14.1 Å². The minimum Gasteiger partial charge on any atom is -1.00 e. The lowest BCUT2D eigenvalue weighted by Crippen LogP contribution is -3.00. The first-order valence-corrected chi connectivity index (χ1v) is 6.78. The van der Waals surface area contributed by atoms with Crippen LogP contribution < -0.4 is 12.4 Å². The summed E-state index contributed by atoms with van der Waals surface area (Å²) in [5.41, 5.74) is 0.815. The lowest BCUT2D eigenvalue weighted by molar-refractivity contribution is -1.09. The minimum atomic E-state index is -0.428. The van der Waals surface area contributed by atoms with E-state index < -0.39 is 5.97 Å². The Morgan fingerprint density at radius 2 is 1.86 bits per heavy atom. The van der Waals surface area contributed by atoms with Gasteiger partial charge in [0.15, 0.2) is 5.54 Å². The lowest BCUT2D eigenvalue weighted by Gasteiger charge is -2.42. The van der Waals surface area contributed by atoms with Gasteiger partial charge in [0, 0.05) is 18.9 Å². The van der Waals surface area contributed by atoms with Gasteiger partial charge in [-0.3, -0.25) is 4.84 Å². The highest BCUT2D eigenvalue weighted by atomic mass is 35.5. The summed E-state index contributed by atoms with van der Waals surface area (Å²) in [6, 6.07) is 10.2. The summed E-state index contributed by atoms with van der Waals surface area (Å²) in [6.07, 6.45) is 4.64. The second kappa shape index (κ2) is 8.01. The summed E-state index contributed by atoms with van der Waals surface area (Å²) in [4.78, 5) is 17.1. The molecular weight excluding hydrogens is 286 g/mol. The molecule has 0 aliphatic heterocycles. The molecule has 0 aliphatic rings. The summed E-state index contributed by atoms with van der Waals surface area (Å²) in [6.45, 7) is 9.49. The number of halogens is 1. The average Bonchev–Trinajstić information content (AvgIpc) is 2.45. The van der Waals surface area contributed by atoms with Crippen molar-refractivity contribution >= 4 is 5.97 Å². The topological polar surface area (TPSA) is 26.3 Å². The normalized spacial score (nSPS) is 13.5. The van der Waals surface area contributed by atoms with E-state index >= 15 is 0 Å². The second-order valence-corrected chi connectivity index (χ2v) is 5.29. The molecule has 1 rings (SSSR count). The fourth-order valence-electron chi connectivity index (χ4n) is 2.43. The van der Waals surface area contributed by atoms with Crippen molar-refractivity contribution in [1.29, 1.82) is 0 Å². The second-order valence-electron chi connectivity index (χ2n) is 5.29. The Balaban J connectivity index is 0.00000400. The molecule has 4 heteroatoms. The molecule has 1 atom stereocenters. The van der Waals surface area contributed by atoms with E-state index in [-0.39, 0.29) is 22.6 Å². The zero-order valence-electron chi connectivity index (χ0n) is 13.0. The number of carbonyl (C=O) groups is 1. The molecule has 0 radical (unpaired) electrons. The van der Waals surface area contributed by atoms with Crippen molar-refractivity contribution in [1.82, 2.24) is 0 Å². The monoisotopic (exact) mass is 309 g/mol. The SMILES string of the molecule is C=CC(=O)O[N+](C)(C)C(C=C)(CC)Cc1ccccc1.[Cl-]. The highest BCUT2D eigenvalue weighted by molar-refractivity contribution is 5.80. The van der Waals surface area contributed by atoms with Crippen molar-refractivity contribution in [3.63, 3.8) is 0 Å². The fourth-order valence-corrected chi connectivity index (χ4v) is 2.43. The Hall–Kier alpha value is -1.58. The molecule has 0 fully saturated rings. The summed E-state index contributed by atoms with van der Waals surface area (Å²) in [5.74, 6) is -0.428. The minimum absolute atomic E-state index is 0. The van der Waals surface area contributed by atoms with Crippen LogP contribution in [0.5, 0.6) is 0 Å². The number of likely N-dealkylation sites (N-methyl/N-ethyl adjacent to an activating group) is 1. The van der Waals surface area contributed by atoms with E-state index in [1.807, 2.05) is 38.4 Å². The fraction of sp³-hybridized carbons (Fsp3) is 0.353. The number of hydrogen-bond donors (Lipinski definition) is 0. The van der Waals surface area contributed by atoms with E-state index in [4.69, 9.17) is 4.84 Å². The predicted molar refractivity (Wildman–Crippen MR) is 81.8 cm³/mol. The smallest absolute Gasteiger partial charge is 0.389 e. The highest BCUT2D eigenvalue weighted by Gasteiger charge is 2.45. The van der Waals surface area contributed by atoms with Crippen LogP contribution in [0.15, 0.2) is 55.6 Å². The van der Waals surface area contributed by atoms with Crippen molar-refractivity contribution in [2.75, 3.05) is 14.1 Å². The molecule has 0 amide bonds. The zero-order valence-corrected chi connectivity index (χ0v) is 13.8. The molecular formula is C17H24ClNO2. The van der Waals surface area contributed by atoms with Crippen molar-refractivity contribution in [2.45, 2.75) is 25.3 Å². The standard InChI is InChI=1S/C17H24NO2.ClH/c1-6-16(19)20-18(4,5)17(7-2,8-3)14-15-12-10-9-11-13-15;/h6-7,9-13H,1-2,8,14H2,3-5H3;1H/q+1;/p-1. The molecule has 0 aliphatic carbocycles. The van der Waals surface area contributed by atoms with Crippen LogP contribution in [0.4, 0.5) is 0 Å². The van der Waals surface area contributed by atoms with Gasteiger partial charge >= 0.3 is 5.97 Å². The number of nitrogens with zero attached hydrogens (tertiary/aromatic N) is 1. The number of rotatable bonds is 7. The van der Waals surface area contributed by atoms with Gasteiger partial charge in [-0.15, -0.1) is 4.65 Å². The van der Waals surface area contributed by atoms with Gasteiger partial charge < -0.3 is 12.4 Å². The van der Waals surface area contributed by atoms with Crippen molar-refractivity contribution in [3.8, 4) is 0 Å². The first-order chi connectivity index (χ1) is 9.40. The van der Waals surface area contributed by atoms with E-state index in [0.29, 0.717) is 0 Å². The van der Waals surface area contributed by atoms with Crippen LogP contribution in [0.1, 0.15) is 18.9 Å². The maximum absolute atomic E-state index is 11.6.